The van der Waals surface area contributed by atoms with Gasteiger partial charge in [-0.2, -0.15) is 0 Å². The largest absolute Gasteiger partial charge is 0.469 e. The van der Waals surface area contributed by atoms with Gasteiger partial charge in [0.2, 0.25) is 0 Å². The smallest absolute Gasteiger partial charge is 0.191 e. The molecule has 0 bridgehead atoms. The summed E-state index contributed by atoms with van der Waals surface area (Å²) in [7, 11) is 1.73. The summed E-state index contributed by atoms with van der Waals surface area (Å²) in [6, 6.07) is 3.89. The van der Waals surface area contributed by atoms with E-state index in [4.69, 9.17) is 9.15 Å². The van der Waals surface area contributed by atoms with Crippen LogP contribution in [-0.2, 0) is 11.2 Å². The van der Waals surface area contributed by atoms with Crippen molar-refractivity contribution in [3.8, 4) is 0 Å². The van der Waals surface area contributed by atoms with E-state index in [-0.39, 0.29) is 24.0 Å². The van der Waals surface area contributed by atoms with Crippen molar-refractivity contribution in [1.82, 2.24) is 10.6 Å². The van der Waals surface area contributed by atoms with Gasteiger partial charge < -0.3 is 19.8 Å². The standard InChI is InChI=1S/C14H25N3O2.HI/c1-3-15-14(16-9-4-5-11-18-2)17-10-8-13-7-6-12-19-13;/h6-7,12H,3-5,8-11H2,1-2H3,(H2,15,16,17);1H. The highest BCUT2D eigenvalue weighted by Gasteiger charge is 1.98. The summed E-state index contributed by atoms with van der Waals surface area (Å²) in [5.74, 6) is 1.86. The Hall–Kier alpha value is -0.760. The molecule has 116 valence electrons. The van der Waals surface area contributed by atoms with Crippen molar-refractivity contribution in [2.24, 2.45) is 4.99 Å². The molecule has 0 atom stereocenters. The van der Waals surface area contributed by atoms with Crippen LogP contribution in [0.4, 0.5) is 0 Å². The van der Waals surface area contributed by atoms with Gasteiger partial charge >= 0.3 is 0 Å². The van der Waals surface area contributed by atoms with Crippen LogP contribution < -0.4 is 10.6 Å². The van der Waals surface area contributed by atoms with Crippen molar-refractivity contribution in [3.63, 3.8) is 0 Å². The number of aliphatic imine (C=N–C) groups is 1. The van der Waals surface area contributed by atoms with Crippen LogP contribution in [-0.4, -0.2) is 39.3 Å². The number of guanidine groups is 1. The van der Waals surface area contributed by atoms with Gasteiger partial charge in [0.1, 0.15) is 5.76 Å². The lowest BCUT2D eigenvalue weighted by molar-refractivity contribution is 0.193. The number of hydrogen-bond donors (Lipinski definition) is 2. The van der Waals surface area contributed by atoms with Gasteiger partial charge in [-0.05, 0) is 31.9 Å². The van der Waals surface area contributed by atoms with E-state index in [0.717, 1.165) is 57.2 Å². The molecule has 20 heavy (non-hydrogen) atoms. The van der Waals surface area contributed by atoms with Gasteiger partial charge in [-0.15, -0.1) is 24.0 Å². The van der Waals surface area contributed by atoms with Gasteiger partial charge in [-0.25, -0.2) is 0 Å². The first kappa shape index (κ1) is 19.2. The van der Waals surface area contributed by atoms with Gasteiger partial charge in [0.05, 0.1) is 6.26 Å². The molecule has 1 aromatic heterocycles. The van der Waals surface area contributed by atoms with Gasteiger partial charge in [-0.3, -0.25) is 4.99 Å². The maximum atomic E-state index is 5.29. The van der Waals surface area contributed by atoms with E-state index in [1.54, 1.807) is 13.4 Å². The van der Waals surface area contributed by atoms with E-state index in [2.05, 4.69) is 22.5 Å². The number of halogens is 1. The first-order valence-electron chi connectivity index (χ1n) is 6.90. The lowest BCUT2D eigenvalue weighted by atomic mass is 10.3. The topological polar surface area (TPSA) is 58.8 Å². The summed E-state index contributed by atoms with van der Waals surface area (Å²) in [5.41, 5.74) is 0. The van der Waals surface area contributed by atoms with Gasteiger partial charge in [-0.1, -0.05) is 0 Å². The zero-order valence-electron chi connectivity index (χ0n) is 12.4. The zero-order valence-corrected chi connectivity index (χ0v) is 14.7. The maximum Gasteiger partial charge on any atom is 0.191 e. The molecule has 0 radical (unpaired) electrons. The zero-order chi connectivity index (χ0) is 13.8. The Kier molecular flexibility index (Phi) is 12.7. The fraction of sp³-hybridized carbons (Fsp3) is 0.643. The van der Waals surface area contributed by atoms with Gasteiger partial charge in [0.15, 0.2) is 5.96 Å². The van der Waals surface area contributed by atoms with E-state index in [0.29, 0.717) is 0 Å². The van der Waals surface area contributed by atoms with Crippen LogP contribution in [0.2, 0.25) is 0 Å². The molecular weight excluding hydrogens is 369 g/mol. The van der Waals surface area contributed by atoms with Crippen molar-refractivity contribution in [1.29, 1.82) is 0 Å². The predicted octanol–water partition coefficient (Wildman–Crippen LogP) is 2.42. The number of methoxy groups -OCH3 is 1. The molecule has 0 spiro atoms. The molecule has 0 unspecified atom stereocenters. The Morgan fingerprint density at radius 2 is 2.20 bits per heavy atom. The summed E-state index contributed by atoms with van der Waals surface area (Å²) in [5, 5.41) is 6.53. The summed E-state index contributed by atoms with van der Waals surface area (Å²) in [6.45, 7) is 5.37. The van der Waals surface area contributed by atoms with E-state index in [9.17, 15) is 0 Å². The Balaban J connectivity index is 0.00000361. The van der Waals surface area contributed by atoms with Gasteiger partial charge in [0, 0.05) is 39.8 Å². The minimum absolute atomic E-state index is 0. The average molecular weight is 395 g/mol. The van der Waals surface area contributed by atoms with Crippen molar-refractivity contribution >= 4 is 29.9 Å². The SMILES string of the molecule is CCNC(=NCCCCOC)NCCc1ccco1.I. The lowest BCUT2D eigenvalue weighted by Gasteiger charge is -2.10. The second-order valence-electron chi connectivity index (χ2n) is 4.22. The fourth-order valence-electron chi connectivity index (χ4n) is 1.65. The molecule has 0 aliphatic rings. The second-order valence-corrected chi connectivity index (χ2v) is 4.22. The number of furan rings is 1. The third kappa shape index (κ3) is 9.19. The molecule has 1 heterocycles. The maximum absolute atomic E-state index is 5.29. The first-order valence-corrected chi connectivity index (χ1v) is 6.90. The quantitative estimate of drug-likeness (QED) is 0.292. The highest BCUT2D eigenvalue weighted by Crippen LogP contribution is 1.99. The van der Waals surface area contributed by atoms with Crippen molar-refractivity contribution in [2.45, 2.75) is 26.2 Å². The third-order valence-electron chi connectivity index (χ3n) is 2.61. The molecule has 1 aromatic rings. The Labute approximate surface area is 138 Å². The minimum Gasteiger partial charge on any atom is -0.469 e. The molecule has 6 heteroatoms. The van der Waals surface area contributed by atoms with Crippen molar-refractivity contribution < 1.29 is 9.15 Å². The third-order valence-corrected chi connectivity index (χ3v) is 2.61. The molecule has 1 rings (SSSR count). The van der Waals surface area contributed by atoms with E-state index in [1.165, 1.54) is 0 Å². The molecule has 0 aromatic carbocycles. The fourth-order valence-corrected chi connectivity index (χ4v) is 1.65. The number of unbranched alkanes of at least 4 members (excludes halogenated alkanes) is 1. The molecular formula is C14H26IN3O2. The van der Waals surface area contributed by atoms with Crippen LogP contribution in [0, 0.1) is 0 Å². The van der Waals surface area contributed by atoms with E-state index < -0.39 is 0 Å². The normalized spacial score (nSPS) is 11.0. The monoisotopic (exact) mass is 395 g/mol. The van der Waals surface area contributed by atoms with E-state index >= 15 is 0 Å². The number of nitrogens with one attached hydrogen (secondary N) is 2. The lowest BCUT2D eigenvalue weighted by Crippen LogP contribution is -2.38. The molecule has 0 amide bonds. The Morgan fingerprint density at radius 1 is 1.35 bits per heavy atom. The summed E-state index contributed by atoms with van der Waals surface area (Å²) in [4.78, 5) is 4.51. The minimum atomic E-state index is 0. The molecule has 0 saturated carbocycles. The Morgan fingerprint density at radius 3 is 2.85 bits per heavy atom. The molecule has 0 aliphatic heterocycles. The van der Waals surface area contributed by atoms with Crippen molar-refractivity contribution in [3.05, 3.63) is 24.2 Å². The molecule has 0 saturated heterocycles. The number of rotatable bonds is 9. The summed E-state index contributed by atoms with van der Waals surface area (Å²) in [6.07, 6.45) is 4.65. The highest BCUT2D eigenvalue weighted by atomic mass is 127. The Bertz CT molecular complexity index is 342. The average Bonchev–Trinajstić information content (AvgIpc) is 2.91. The first-order chi connectivity index (χ1) is 9.36. The number of ether oxygens (including phenoxy) is 1. The molecule has 5 nitrogen and oxygen atoms in total. The molecule has 2 N–H and O–H groups in total. The van der Waals surface area contributed by atoms with Crippen LogP contribution in [0.1, 0.15) is 25.5 Å². The summed E-state index contributed by atoms with van der Waals surface area (Å²) >= 11 is 0. The van der Waals surface area contributed by atoms with Crippen molar-refractivity contribution in [2.75, 3.05) is 33.4 Å². The molecule has 0 aliphatic carbocycles. The molecule has 0 fully saturated rings. The van der Waals surface area contributed by atoms with Crippen LogP contribution in [0.25, 0.3) is 0 Å². The number of nitrogens with zero attached hydrogens (tertiary/aromatic N) is 1. The second kappa shape index (κ2) is 13.2. The van der Waals surface area contributed by atoms with Crippen LogP contribution in [0.5, 0.6) is 0 Å². The van der Waals surface area contributed by atoms with Crippen LogP contribution in [0.15, 0.2) is 27.8 Å². The predicted molar refractivity (Wildman–Crippen MR) is 92.9 cm³/mol. The van der Waals surface area contributed by atoms with Crippen LogP contribution in [0.3, 0.4) is 0 Å². The van der Waals surface area contributed by atoms with E-state index in [1.807, 2.05) is 12.1 Å². The summed E-state index contributed by atoms with van der Waals surface area (Å²) < 4.78 is 10.3. The highest BCUT2D eigenvalue weighted by molar-refractivity contribution is 14.0. The van der Waals surface area contributed by atoms with Crippen LogP contribution >= 0.6 is 24.0 Å². The number of hydrogen-bond acceptors (Lipinski definition) is 3. The van der Waals surface area contributed by atoms with Gasteiger partial charge in [0.25, 0.3) is 0 Å².